The third-order valence-electron chi connectivity index (χ3n) is 3.82. The van der Waals surface area contributed by atoms with Crippen molar-refractivity contribution in [2.24, 2.45) is 0 Å². The number of ether oxygens (including phenoxy) is 1. The van der Waals surface area contributed by atoms with Crippen molar-refractivity contribution in [3.05, 3.63) is 33.3 Å². The maximum atomic E-state index is 12.9. The monoisotopic (exact) mass is 460 g/mol. The highest BCUT2D eigenvalue weighted by Gasteiger charge is 2.31. The molecule has 0 aromatic carbocycles. The number of hydrogen-bond donors (Lipinski definition) is 0. The fourth-order valence-corrected chi connectivity index (χ4v) is 3.39. The first-order valence-electron chi connectivity index (χ1n) is 10.7. The van der Waals surface area contributed by atoms with E-state index in [0.717, 1.165) is 10.5 Å². The van der Waals surface area contributed by atoms with Crippen LogP contribution in [0.15, 0.2) is 18.3 Å². The minimum absolute atomic E-state index is 0.117. The van der Waals surface area contributed by atoms with Gasteiger partial charge in [0.25, 0.3) is 0 Å². The topological polar surface area (TPSA) is 46.8 Å². The number of carbonyl (C=O) groups is 1. The van der Waals surface area contributed by atoms with Crippen molar-refractivity contribution < 1.29 is 16.4 Å². The number of imidazole rings is 1. The van der Waals surface area contributed by atoms with Crippen molar-refractivity contribution in [3.8, 4) is 0 Å². The summed E-state index contributed by atoms with van der Waals surface area (Å²) in [5.74, 6) is 0. The highest BCUT2D eigenvalue weighted by atomic mass is 127. The molecule has 0 bridgehead atoms. The zero-order valence-electron chi connectivity index (χ0n) is 19.9. The zero-order valence-corrected chi connectivity index (χ0v) is 17.0. The van der Waals surface area contributed by atoms with Crippen LogP contribution in [0.3, 0.4) is 0 Å². The van der Waals surface area contributed by atoms with Gasteiger partial charge in [-0.2, -0.15) is 0 Å². The number of rotatable bonds is 2. The Labute approximate surface area is 169 Å². The molecule has 1 atom stereocenters. The summed E-state index contributed by atoms with van der Waals surface area (Å²) in [4.78, 5) is 18.5. The summed E-state index contributed by atoms with van der Waals surface area (Å²) in [6.45, 7) is 6.88. The molecule has 1 saturated heterocycles. The number of amides is 1. The number of hydrogen-bond acceptors (Lipinski definition) is 3. The molecule has 2 aromatic rings. The molecule has 1 fully saturated rings. The van der Waals surface area contributed by atoms with Crippen LogP contribution in [0.1, 0.15) is 58.0 Å². The van der Waals surface area contributed by atoms with Gasteiger partial charge in [0.05, 0.1) is 7.06 Å². The van der Waals surface area contributed by atoms with Crippen LogP contribution < -0.4 is 0 Å². The van der Waals surface area contributed by atoms with Crippen molar-refractivity contribution in [2.75, 3.05) is 6.54 Å². The number of pyridine rings is 1. The van der Waals surface area contributed by atoms with Crippen molar-refractivity contribution in [3.63, 3.8) is 0 Å². The standard InChI is InChI=1S/C19H26IN3O2/c1-13-8-7-11-23-16(20)15(21-17(13)23)12-14-9-5-6-10-22(14)18(24)25-19(2,3)4/h7-8,11,14H,5-6,9-10,12H2,1-4H3/t14-/m0/s1/i5D2,9D2,14D. The van der Waals surface area contributed by atoms with E-state index in [-0.39, 0.29) is 19.4 Å². The molecule has 0 saturated carbocycles. The third kappa shape index (κ3) is 4.10. The molecule has 0 radical (unpaired) electrons. The number of aryl methyl sites for hydroxylation is 1. The van der Waals surface area contributed by atoms with Crippen molar-refractivity contribution in [1.29, 1.82) is 0 Å². The molecule has 0 spiro atoms. The molecule has 0 unspecified atom stereocenters. The SMILES string of the molecule is [2H]C1([2H])CCN(C(=O)OC(C)(C)C)[C@]([2H])(Cc2nc3c(C)cccn3c2I)C1([2H])[2H]. The predicted octanol–water partition coefficient (Wildman–Crippen LogP) is 4.58. The summed E-state index contributed by atoms with van der Waals surface area (Å²) >= 11 is 2.09. The van der Waals surface area contributed by atoms with E-state index in [1.54, 1.807) is 20.8 Å². The number of carbonyl (C=O) groups excluding carboxylic acids is 1. The number of piperidine rings is 1. The van der Waals surface area contributed by atoms with Crippen LogP contribution >= 0.6 is 22.6 Å². The fourth-order valence-electron chi connectivity index (χ4n) is 2.69. The van der Waals surface area contributed by atoms with E-state index in [0.29, 0.717) is 15.0 Å². The van der Waals surface area contributed by atoms with E-state index < -0.39 is 30.5 Å². The van der Waals surface area contributed by atoms with E-state index in [2.05, 4.69) is 27.6 Å². The second kappa shape index (κ2) is 7.13. The van der Waals surface area contributed by atoms with Gasteiger partial charge < -0.3 is 9.64 Å². The third-order valence-corrected chi connectivity index (χ3v) is 4.96. The average Bonchev–Trinajstić information content (AvgIpc) is 2.89. The van der Waals surface area contributed by atoms with Crippen molar-refractivity contribution in [1.82, 2.24) is 14.3 Å². The minimum atomic E-state index is -2.65. The Morgan fingerprint density at radius 3 is 3.00 bits per heavy atom. The average molecular weight is 460 g/mol. The Kier molecular flexibility index (Phi) is 3.69. The van der Waals surface area contributed by atoms with Gasteiger partial charge in [-0.3, -0.25) is 4.40 Å². The van der Waals surface area contributed by atoms with Crippen LogP contribution in [-0.4, -0.2) is 38.5 Å². The molecule has 3 heterocycles. The fraction of sp³-hybridized carbons (Fsp3) is 0.579. The van der Waals surface area contributed by atoms with Crippen LogP contribution in [0, 0.1) is 10.6 Å². The molecule has 2 aromatic heterocycles. The Morgan fingerprint density at radius 1 is 1.56 bits per heavy atom. The highest BCUT2D eigenvalue weighted by molar-refractivity contribution is 14.1. The number of fused-ring (bicyclic) bond motifs is 1. The first-order chi connectivity index (χ1) is 13.6. The molecule has 25 heavy (non-hydrogen) atoms. The molecule has 6 heteroatoms. The summed E-state index contributed by atoms with van der Waals surface area (Å²) < 4.78 is 50.6. The summed E-state index contributed by atoms with van der Waals surface area (Å²) in [6.07, 6.45) is -4.42. The van der Waals surface area contributed by atoms with E-state index in [1.807, 2.05) is 29.7 Å². The van der Waals surface area contributed by atoms with E-state index >= 15 is 0 Å². The van der Waals surface area contributed by atoms with Crippen LogP contribution in [-0.2, 0) is 11.2 Å². The van der Waals surface area contributed by atoms with Gasteiger partial charge in [0.1, 0.15) is 14.9 Å². The molecule has 1 amide bonds. The van der Waals surface area contributed by atoms with Gasteiger partial charge in [-0.25, -0.2) is 9.78 Å². The molecule has 5 nitrogen and oxygen atoms in total. The minimum Gasteiger partial charge on any atom is -0.444 e. The lowest BCUT2D eigenvalue weighted by atomic mass is 9.98. The lowest BCUT2D eigenvalue weighted by Crippen LogP contribution is -2.47. The maximum absolute atomic E-state index is 12.9. The molecule has 1 aliphatic rings. The molecular formula is C19H26IN3O2. The Bertz CT molecular complexity index is 988. The normalized spacial score (nSPS) is 28.5. The first kappa shape index (κ1) is 12.9. The Hall–Kier alpha value is -1.31. The number of halogens is 1. The zero-order chi connectivity index (χ0) is 22.7. The quantitative estimate of drug-likeness (QED) is 0.617. The summed E-state index contributed by atoms with van der Waals surface area (Å²) in [5.41, 5.74) is 1.22. The molecule has 136 valence electrons. The lowest BCUT2D eigenvalue weighted by molar-refractivity contribution is 0.00984. The van der Waals surface area contributed by atoms with Gasteiger partial charge in [-0.05, 0) is 81.1 Å². The van der Waals surface area contributed by atoms with E-state index in [4.69, 9.17) is 11.6 Å². The van der Waals surface area contributed by atoms with Crippen molar-refractivity contribution in [2.45, 2.75) is 64.9 Å². The van der Waals surface area contributed by atoms with Crippen LogP contribution in [0.2, 0.25) is 0 Å². The predicted molar refractivity (Wildman–Crippen MR) is 107 cm³/mol. The van der Waals surface area contributed by atoms with Crippen LogP contribution in [0.4, 0.5) is 4.79 Å². The van der Waals surface area contributed by atoms with E-state index in [9.17, 15) is 4.79 Å². The second-order valence-corrected chi connectivity index (χ2v) is 8.06. The molecule has 0 N–H and O–H groups in total. The molecule has 0 aliphatic carbocycles. The number of aromatic nitrogens is 2. The second-order valence-electron chi connectivity index (χ2n) is 7.04. The van der Waals surface area contributed by atoms with Gasteiger partial charge in [0, 0.05) is 30.7 Å². The first-order valence-corrected chi connectivity index (χ1v) is 9.31. The van der Waals surface area contributed by atoms with Crippen molar-refractivity contribution >= 4 is 34.3 Å². The molecular weight excluding hydrogens is 429 g/mol. The van der Waals surface area contributed by atoms with Gasteiger partial charge in [0.2, 0.25) is 0 Å². The summed E-state index contributed by atoms with van der Waals surface area (Å²) in [5, 5.41) is 0. The van der Waals surface area contributed by atoms with Gasteiger partial charge in [-0.1, -0.05) is 6.07 Å². The van der Waals surface area contributed by atoms with Crippen LogP contribution in [0.5, 0.6) is 0 Å². The number of nitrogens with zero attached hydrogens (tertiary/aromatic N) is 3. The maximum Gasteiger partial charge on any atom is 0.410 e. The van der Waals surface area contributed by atoms with Gasteiger partial charge >= 0.3 is 6.09 Å². The van der Waals surface area contributed by atoms with Gasteiger partial charge in [0.15, 0.2) is 0 Å². The smallest absolute Gasteiger partial charge is 0.410 e. The lowest BCUT2D eigenvalue weighted by Gasteiger charge is -2.36. The molecule has 1 aliphatic heterocycles. The van der Waals surface area contributed by atoms with Gasteiger partial charge in [-0.15, -0.1) is 0 Å². The highest BCUT2D eigenvalue weighted by Crippen LogP contribution is 2.26. The largest absolute Gasteiger partial charge is 0.444 e. The summed E-state index contributed by atoms with van der Waals surface area (Å²) in [7, 11) is 0. The van der Waals surface area contributed by atoms with E-state index in [1.165, 1.54) is 0 Å². The van der Waals surface area contributed by atoms with Crippen LogP contribution in [0.25, 0.3) is 5.65 Å². The summed E-state index contributed by atoms with van der Waals surface area (Å²) in [6, 6.07) is 1.55. The Morgan fingerprint density at radius 2 is 2.32 bits per heavy atom. The number of likely N-dealkylation sites (tertiary alicyclic amines) is 1. The molecule has 3 rings (SSSR count). The Balaban J connectivity index is 2.11.